The first-order chi connectivity index (χ1) is 6.93. The Morgan fingerprint density at radius 1 is 1.07 bits per heavy atom. The standard InChI is InChI=1S/C15H24/c1-6-12(2)11-13-7-9-14(10-8-13)15(3,4)5/h7-10,12H,6,11H2,1-5H3. The molecule has 1 rings (SSSR count). The van der Waals surface area contributed by atoms with Crippen LogP contribution in [0.5, 0.6) is 0 Å². The zero-order chi connectivity index (χ0) is 11.5. The minimum atomic E-state index is 0.273. The first-order valence-corrected chi connectivity index (χ1v) is 6.03. The summed E-state index contributed by atoms with van der Waals surface area (Å²) in [4.78, 5) is 0. The van der Waals surface area contributed by atoms with Crippen LogP contribution in [-0.2, 0) is 11.8 Å². The van der Waals surface area contributed by atoms with Crippen molar-refractivity contribution >= 4 is 0 Å². The summed E-state index contributed by atoms with van der Waals surface area (Å²) in [5.74, 6) is 0.797. The molecule has 0 heteroatoms. The highest BCUT2D eigenvalue weighted by Gasteiger charge is 2.12. The van der Waals surface area contributed by atoms with E-state index in [2.05, 4.69) is 58.9 Å². The second kappa shape index (κ2) is 4.83. The van der Waals surface area contributed by atoms with E-state index in [1.807, 2.05) is 0 Å². The van der Waals surface area contributed by atoms with E-state index in [-0.39, 0.29) is 5.41 Å². The molecule has 0 saturated heterocycles. The predicted octanol–water partition coefficient (Wildman–Crippen LogP) is 4.57. The van der Waals surface area contributed by atoms with Crippen molar-refractivity contribution in [3.05, 3.63) is 35.4 Å². The fourth-order valence-corrected chi connectivity index (χ4v) is 1.69. The Labute approximate surface area is 94.7 Å². The second-order valence-corrected chi connectivity index (χ2v) is 5.66. The van der Waals surface area contributed by atoms with Crippen LogP contribution in [0.15, 0.2) is 24.3 Å². The maximum atomic E-state index is 2.32. The van der Waals surface area contributed by atoms with Gasteiger partial charge >= 0.3 is 0 Å². The molecule has 0 heterocycles. The van der Waals surface area contributed by atoms with Crippen molar-refractivity contribution < 1.29 is 0 Å². The molecule has 0 aliphatic rings. The van der Waals surface area contributed by atoms with Crippen molar-refractivity contribution in [2.24, 2.45) is 5.92 Å². The SMILES string of the molecule is CCC(C)Cc1ccc(C(C)(C)C)cc1. The minimum absolute atomic E-state index is 0.273. The Kier molecular flexibility index (Phi) is 3.96. The van der Waals surface area contributed by atoms with Gasteiger partial charge in [-0.25, -0.2) is 0 Å². The van der Waals surface area contributed by atoms with Gasteiger partial charge in [0.15, 0.2) is 0 Å². The van der Waals surface area contributed by atoms with Gasteiger partial charge in [0.1, 0.15) is 0 Å². The Morgan fingerprint density at radius 2 is 1.60 bits per heavy atom. The van der Waals surface area contributed by atoms with Crippen LogP contribution in [-0.4, -0.2) is 0 Å². The molecule has 1 aromatic rings. The fourth-order valence-electron chi connectivity index (χ4n) is 1.69. The number of rotatable bonds is 3. The molecular weight excluding hydrogens is 180 g/mol. The fraction of sp³-hybridized carbons (Fsp3) is 0.600. The van der Waals surface area contributed by atoms with Gasteiger partial charge in [-0.1, -0.05) is 65.3 Å². The lowest BCUT2D eigenvalue weighted by molar-refractivity contribution is 0.558. The Morgan fingerprint density at radius 3 is 2.00 bits per heavy atom. The van der Waals surface area contributed by atoms with Gasteiger partial charge in [-0.3, -0.25) is 0 Å². The zero-order valence-electron chi connectivity index (χ0n) is 10.8. The average molecular weight is 204 g/mol. The molecule has 0 aliphatic heterocycles. The molecule has 0 nitrogen and oxygen atoms in total. The van der Waals surface area contributed by atoms with Crippen LogP contribution in [0.3, 0.4) is 0 Å². The highest BCUT2D eigenvalue weighted by Crippen LogP contribution is 2.23. The molecule has 0 spiro atoms. The van der Waals surface area contributed by atoms with E-state index in [0.717, 1.165) is 5.92 Å². The van der Waals surface area contributed by atoms with Crippen molar-refractivity contribution in [3.8, 4) is 0 Å². The monoisotopic (exact) mass is 204 g/mol. The van der Waals surface area contributed by atoms with Gasteiger partial charge in [-0.05, 0) is 28.9 Å². The summed E-state index contributed by atoms with van der Waals surface area (Å²) in [5, 5.41) is 0. The third kappa shape index (κ3) is 3.70. The molecule has 0 saturated carbocycles. The smallest absolute Gasteiger partial charge is 0.0132 e. The van der Waals surface area contributed by atoms with Gasteiger partial charge in [-0.15, -0.1) is 0 Å². The highest BCUT2D eigenvalue weighted by molar-refractivity contribution is 5.27. The molecule has 1 atom stereocenters. The van der Waals surface area contributed by atoms with Gasteiger partial charge < -0.3 is 0 Å². The lowest BCUT2D eigenvalue weighted by Gasteiger charge is -2.19. The molecule has 0 radical (unpaired) electrons. The topological polar surface area (TPSA) is 0 Å². The van der Waals surface area contributed by atoms with Crippen molar-refractivity contribution in [1.82, 2.24) is 0 Å². The highest BCUT2D eigenvalue weighted by atomic mass is 14.2. The van der Waals surface area contributed by atoms with E-state index in [4.69, 9.17) is 0 Å². The van der Waals surface area contributed by atoms with Gasteiger partial charge in [0.05, 0.1) is 0 Å². The van der Waals surface area contributed by atoms with Crippen LogP contribution >= 0.6 is 0 Å². The van der Waals surface area contributed by atoms with E-state index in [9.17, 15) is 0 Å². The predicted molar refractivity (Wildman–Crippen MR) is 68.3 cm³/mol. The summed E-state index contributed by atoms with van der Waals surface area (Å²) in [7, 11) is 0. The Balaban J connectivity index is 2.73. The number of benzene rings is 1. The van der Waals surface area contributed by atoms with E-state index < -0.39 is 0 Å². The summed E-state index contributed by atoms with van der Waals surface area (Å²) in [6.45, 7) is 11.4. The summed E-state index contributed by atoms with van der Waals surface area (Å²) < 4.78 is 0. The quantitative estimate of drug-likeness (QED) is 0.676. The van der Waals surface area contributed by atoms with Crippen LogP contribution in [0, 0.1) is 5.92 Å². The molecule has 0 aromatic heterocycles. The van der Waals surface area contributed by atoms with Crippen molar-refractivity contribution in [2.45, 2.75) is 52.9 Å². The largest absolute Gasteiger partial charge is 0.0651 e. The Hall–Kier alpha value is -0.780. The lowest BCUT2D eigenvalue weighted by Crippen LogP contribution is -2.10. The maximum Gasteiger partial charge on any atom is -0.0132 e. The molecular formula is C15H24. The van der Waals surface area contributed by atoms with Gasteiger partial charge in [-0.2, -0.15) is 0 Å². The molecule has 0 N–H and O–H groups in total. The molecule has 0 bridgehead atoms. The van der Waals surface area contributed by atoms with Crippen LogP contribution in [0.1, 0.15) is 52.2 Å². The first kappa shape index (κ1) is 12.3. The van der Waals surface area contributed by atoms with E-state index in [0.29, 0.717) is 0 Å². The van der Waals surface area contributed by atoms with E-state index in [1.54, 1.807) is 0 Å². The van der Waals surface area contributed by atoms with Gasteiger partial charge in [0.2, 0.25) is 0 Å². The third-order valence-corrected chi connectivity index (χ3v) is 3.10. The molecule has 1 aromatic carbocycles. The molecule has 1 unspecified atom stereocenters. The summed E-state index contributed by atoms with van der Waals surface area (Å²) in [6.07, 6.45) is 2.47. The minimum Gasteiger partial charge on any atom is -0.0651 e. The van der Waals surface area contributed by atoms with Crippen LogP contribution in [0.4, 0.5) is 0 Å². The third-order valence-electron chi connectivity index (χ3n) is 3.10. The second-order valence-electron chi connectivity index (χ2n) is 5.66. The number of hydrogen-bond donors (Lipinski definition) is 0. The Bertz CT molecular complexity index is 287. The normalized spacial score (nSPS) is 13.9. The van der Waals surface area contributed by atoms with Crippen molar-refractivity contribution in [1.29, 1.82) is 0 Å². The van der Waals surface area contributed by atoms with Gasteiger partial charge in [0.25, 0.3) is 0 Å². The number of hydrogen-bond acceptors (Lipinski definition) is 0. The molecule has 0 amide bonds. The molecule has 0 aliphatic carbocycles. The summed E-state index contributed by atoms with van der Waals surface area (Å²) in [5.41, 5.74) is 3.17. The van der Waals surface area contributed by atoms with Crippen LogP contribution in [0.2, 0.25) is 0 Å². The molecule has 84 valence electrons. The van der Waals surface area contributed by atoms with Gasteiger partial charge in [0, 0.05) is 0 Å². The molecule has 0 fully saturated rings. The maximum absolute atomic E-state index is 2.32. The van der Waals surface area contributed by atoms with Crippen LogP contribution < -0.4 is 0 Å². The summed E-state index contributed by atoms with van der Waals surface area (Å²) in [6, 6.07) is 9.12. The average Bonchev–Trinajstić information content (AvgIpc) is 2.17. The summed E-state index contributed by atoms with van der Waals surface area (Å²) >= 11 is 0. The van der Waals surface area contributed by atoms with Crippen molar-refractivity contribution in [3.63, 3.8) is 0 Å². The van der Waals surface area contributed by atoms with E-state index in [1.165, 1.54) is 24.0 Å². The zero-order valence-corrected chi connectivity index (χ0v) is 10.8. The first-order valence-electron chi connectivity index (χ1n) is 6.03. The lowest BCUT2D eigenvalue weighted by atomic mass is 9.86. The van der Waals surface area contributed by atoms with Crippen molar-refractivity contribution in [2.75, 3.05) is 0 Å². The van der Waals surface area contributed by atoms with Crippen LogP contribution in [0.25, 0.3) is 0 Å². The van der Waals surface area contributed by atoms with E-state index >= 15 is 0 Å². The molecule has 15 heavy (non-hydrogen) atoms.